The Kier molecular flexibility index (Phi) is 7.12. The van der Waals surface area contributed by atoms with E-state index in [0.29, 0.717) is 18.8 Å². The van der Waals surface area contributed by atoms with Crippen molar-refractivity contribution in [2.75, 3.05) is 18.4 Å². The molecule has 3 rings (SSSR count). The Morgan fingerprint density at radius 1 is 1.03 bits per heavy atom. The molecule has 0 fully saturated rings. The Morgan fingerprint density at radius 2 is 1.72 bits per heavy atom. The van der Waals surface area contributed by atoms with Gasteiger partial charge in [0.25, 0.3) is 11.5 Å². The first kappa shape index (κ1) is 23.2. The van der Waals surface area contributed by atoms with E-state index in [1.165, 1.54) is 45.4 Å². The Balaban J connectivity index is 2.03. The lowest BCUT2D eigenvalue weighted by Gasteiger charge is -2.20. The summed E-state index contributed by atoms with van der Waals surface area (Å²) in [7, 11) is -2.17. The van der Waals surface area contributed by atoms with Crippen LogP contribution in [0.2, 0.25) is 0 Å². The number of amides is 1. The molecule has 168 valence electrons. The van der Waals surface area contributed by atoms with Gasteiger partial charge in [0.15, 0.2) is 5.75 Å². The van der Waals surface area contributed by atoms with E-state index < -0.39 is 15.9 Å². The van der Waals surface area contributed by atoms with Crippen molar-refractivity contribution in [3.05, 3.63) is 82.8 Å². The zero-order valence-corrected chi connectivity index (χ0v) is 18.9. The zero-order chi connectivity index (χ0) is 23.3. The van der Waals surface area contributed by atoms with Gasteiger partial charge in [-0.15, -0.1) is 0 Å². The molecule has 1 heterocycles. The van der Waals surface area contributed by atoms with Crippen molar-refractivity contribution in [3.8, 4) is 11.5 Å². The molecular weight excluding hydrogens is 430 g/mol. The highest BCUT2D eigenvalue weighted by atomic mass is 32.2. The maximum Gasteiger partial charge on any atom is 0.256 e. The lowest BCUT2D eigenvalue weighted by Crippen LogP contribution is -2.30. The van der Waals surface area contributed by atoms with Gasteiger partial charge < -0.3 is 14.6 Å². The van der Waals surface area contributed by atoms with Gasteiger partial charge in [0, 0.05) is 38.0 Å². The quantitative estimate of drug-likeness (QED) is 0.561. The number of aromatic nitrogens is 1. The molecule has 1 aromatic heterocycles. The van der Waals surface area contributed by atoms with E-state index in [0.717, 1.165) is 0 Å². The monoisotopic (exact) mass is 455 g/mol. The van der Waals surface area contributed by atoms with Crippen LogP contribution in [0.15, 0.2) is 76.6 Å². The predicted octanol–water partition coefficient (Wildman–Crippen LogP) is 3.46. The lowest BCUT2D eigenvalue weighted by molar-refractivity contribution is 0.102. The number of rotatable bonds is 8. The standard InChI is InChI=1S/C23H25N3O5S/c1-4-26(5-2)32(29,30)19-11-12-21(31-18-9-7-6-8-10-18)20(16-19)24-23(28)17-13-14-25(3)22(27)15-17/h6-16H,4-5H2,1-3H3,(H,24,28). The molecule has 1 N–H and O–H groups in total. The van der Waals surface area contributed by atoms with Gasteiger partial charge in [-0.05, 0) is 36.4 Å². The number of sulfonamides is 1. The molecule has 0 aliphatic carbocycles. The fourth-order valence-electron chi connectivity index (χ4n) is 3.07. The van der Waals surface area contributed by atoms with E-state index in [1.54, 1.807) is 45.2 Å². The summed E-state index contributed by atoms with van der Waals surface area (Å²) in [5, 5.41) is 2.69. The van der Waals surface area contributed by atoms with Crippen molar-refractivity contribution in [3.63, 3.8) is 0 Å². The van der Waals surface area contributed by atoms with Crippen LogP contribution in [0.25, 0.3) is 0 Å². The smallest absolute Gasteiger partial charge is 0.256 e. The Labute approximate surface area is 187 Å². The number of ether oxygens (including phenoxy) is 1. The average Bonchev–Trinajstić information content (AvgIpc) is 2.78. The minimum atomic E-state index is -3.75. The van der Waals surface area contributed by atoms with E-state index in [1.807, 2.05) is 6.07 Å². The number of aryl methyl sites for hydroxylation is 1. The van der Waals surface area contributed by atoms with Crippen LogP contribution in [-0.4, -0.2) is 36.3 Å². The average molecular weight is 456 g/mol. The van der Waals surface area contributed by atoms with E-state index in [2.05, 4.69) is 5.32 Å². The molecule has 0 atom stereocenters. The van der Waals surface area contributed by atoms with Gasteiger partial charge in [0.05, 0.1) is 10.6 Å². The molecule has 9 heteroatoms. The van der Waals surface area contributed by atoms with Crippen molar-refractivity contribution >= 4 is 21.6 Å². The van der Waals surface area contributed by atoms with Crippen LogP contribution in [0.5, 0.6) is 11.5 Å². The van der Waals surface area contributed by atoms with Crippen LogP contribution in [0.3, 0.4) is 0 Å². The fraction of sp³-hybridized carbons (Fsp3) is 0.217. The Morgan fingerprint density at radius 3 is 2.34 bits per heavy atom. The predicted molar refractivity (Wildman–Crippen MR) is 123 cm³/mol. The topological polar surface area (TPSA) is 97.7 Å². The molecule has 0 saturated heterocycles. The highest BCUT2D eigenvalue weighted by Gasteiger charge is 2.24. The summed E-state index contributed by atoms with van der Waals surface area (Å²) >= 11 is 0. The van der Waals surface area contributed by atoms with Gasteiger partial charge in [0.1, 0.15) is 5.75 Å². The first-order chi connectivity index (χ1) is 15.3. The van der Waals surface area contributed by atoms with Gasteiger partial charge in [-0.3, -0.25) is 9.59 Å². The van der Waals surface area contributed by atoms with Crippen molar-refractivity contribution in [2.45, 2.75) is 18.7 Å². The largest absolute Gasteiger partial charge is 0.455 e. The van der Waals surface area contributed by atoms with Crippen molar-refractivity contribution in [2.24, 2.45) is 7.05 Å². The number of carbonyl (C=O) groups is 1. The molecular formula is C23H25N3O5S. The van der Waals surface area contributed by atoms with Crippen LogP contribution in [0.1, 0.15) is 24.2 Å². The molecule has 1 amide bonds. The first-order valence-electron chi connectivity index (χ1n) is 10.1. The van der Waals surface area contributed by atoms with Crippen LogP contribution >= 0.6 is 0 Å². The molecule has 0 unspecified atom stereocenters. The van der Waals surface area contributed by atoms with Crippen LogP contribution in [-0.2, 0) is 17.1 Å². The van der Waals surface area contributed by atoms with E-state index in [-0.39, 0.29) is 27.5 Å². The number of nitrogens with one attached hydrogen (secondary N) is 1. The summed E-state index contributed by atoms with van der Waals surface area (Å²) in [6.45, 7) is 4.14. The SMILES string of the molecule is CCN(CC)S(=O)(=O)c1ccc(Oc2ccccc2)c(NC(=O)c2ccn(C)c(=O)c2)c1. The number of anilines is 1. The minimum absolute atomic E-state index is 0.0286. The van der Waals surface area contributed by atoms with Gasteiger partial charge in [0.2, 0.25) is 10.0 Å². The van der Waals surface area contributed by atoms with Gasteiger partial charge in [-0.1, -0.05) is 32.0 Å². The second-order valence-electron chi connectivity index (χ2n) is 6.98. The van der Waals surface area contributed by atoms with Crippen molar-refractivity contribution < 1.29 is 17.9 Å². The third-order valence-electron chi connectivity index (χ3n) is 4.88. The lowest BCUT2D eigenvalue weighted by atomic mass is 10.2. The summed E-state index contributed by atoms with van der Waals surface area (Å²) in [4.78, 5) is 24.7. The van der Waals surface area contributed by atoms with E-state index in [4.69, 9.17) is 4.74 Å². The molecule has 0 aliphatic rings. The normalized spacial score (nSPS) is 11.4. The maximum atomic E-state index is 13.0. The number of carbonyl (C=O) groups excluding carboxylic acids is 1. The molecule has 0 saturated carbocycles. The Hall–Kier alpha value is -3.43. The summed E-state index contributed by atoms with van der Waals surface area (Å²) in [5.74, 6) is 0.237. The molecule has 3 aromatic rings. The molecule has 0 spiro atoms. The third-order valence-corrected chi connectivity index (χ3v) is 6.93. The van der Waals surface area contributed by atoms with Gasteiger partial charge in [-0.2, -0.15) is 4.31 Å². The molecule has 8 nitrogen and oxygen atoms in total. The van der Waals surface area contributed by atoms with Crippen LogP contribution in [0, 0.1) is 0 Å². The first-order valence-corrected chi connectivity index (χ1v) is 11.6. The fourth-order valence-corrected chi connectivity index (χ4v) is 4.55. The molecule has 0 radical (unpaired) electrons. The summed E-state index contributed by atoms with van der Waals surface area (Å²) in [5.41, 5.74) is -0.0141. The minimum Gasteiger partial charge on any atom is -0.455 e. The number of benzene rings is 2. The Bertz CT molecular complexity index is 1270. The molecule has 32 heavy (non-hydrogen) atoms. The number of hydrogen-bond donors (Lipinski definition) is 1. The van der Waals surface area contributed by atoms with E-state index in [9.17, 15) is 18.0 Å². The van der Waals surface area contributed by atoms with Crippen LogP contribution in [0.4, 0.5) is 5.69 Å². The van der Waals surface area contributed by atoms with Gasteiger partial charge in [-0.25, -0.2) is 8.42 Å². The summed E-state index contributed by atoms with van der Waals surface area (Å²) in [6.07, 6.45) is 1.49. The highest BCUT2D eigenvalue weighted by molar-refractivity contribution is 7.89. The van der Waals surface area contributed by atoms with Gasteiger partial charge >= 0.3 is 0 Å². The van der Waals surface area contributed by atoms with E-state index >= 15 is 0 Å². The molecule has 2 aromatic carbocycles. The third kappa shape index (κ3) is 5.06. The summed E-state index contributed by atoms with van der Waals surface area (Å²) < 4.78 is 34.5. The molecule has 0 bridgehead atoms. The number of para-hydroxylation sites is 1. The molecule has 0 aliphatic heterocycles. The highest BCUT2D eigenvalue weighted by Crippen LogP contribution is 2.33. The zero-order valence-electron chi connectivity index (χ0n) is 18.1. The number of nitrogens with zero attached hydrogens (tertiary/aromatic N) is 2. The van der Waals surface area contributed by atoms with Crippen molar-refractivity contribution in [1.82, 2.24) is 8.87 Å². The van der Waals surface area contributed by atoms with Crippen LogP contribution < -0.4 is 15.6 Å². The number of hydrogen-bond acceptors (Lipinski definition) is 5. The number of pyridine rings is 1. The maximum absolute atomic E-state index is 13.0. The second kappa shape index (κ2) is 9.80. The van der Waals surface area contributed by atoms with Crippen molar-refractivity contribution in [1.29, 1.82) is 0 Å². The summed E-state index contributed by atoms with van der Waals surface area (Å²) in [6, 6.07) is 16.0. The second-order valence-corrected chi connectivity index (χ2v) is 8.92.